The molecular weight excluding hydrogens is 156 g/mol. The van der Waals surface area contributed by atoms with Gasteiger partial charge in [-0.25, -0.2) is 0 Å². The summed E-state index contributed by atoms with van der Waals surface area (Å²) < 4.78 is 0. The molecule has 0 amide bonds. The zero-order valence-electron chi connectivity index (χ0n) is 6.46. The molecule has 0 radical (unpaired) electrons. The van der Waals surface area contributed by atoms with E-state index in [4.69, 9.17) is 0 Å². The van der Waals surface area contributed by atoms with Crippen LogP contribution in [0.4, 0.5) is 0 Å². The van der Waals surface area contributed by atoms with Crippen molar-refractivity contribution in [3.63, 3.8) is 0 Å². The van der Waals surface area contributed by atoms with Crippen molar-refractivity contribution in [2.45, 2.75) is 25.2 Å². The minimum atomic E-state index is -0.0573. The van der Waals surface area contributed by atoms with Crippen LogP contribution in [0.5, 0.6) is 0 Å². The third-order valence-electron chi connectivity index (χ3n) is 2.33. The van der Waals surface area contributed by atoms with E-state index in [0.717, 1.165) is 19.1 Å². The van der Waals surface area contributed by atoms with Crippen molar-refractivity contribution >= 4 is 17.6 Å². The first-order chi connectivity index (χ1) is 5.28. The Hall–Kier alpha value is -0.630. The van der Waals surface area contributed by atoms with Gasteiger partial charge >= 0.3 is 0 Å². The van der Waals surface area contributed by atoms with E-state index in [0.29, 0.717) is 0 Å². The molecule has 0 spiro atoms. The number of rotatable bonds is 2. The van der Waals surface area contributed by atoms with Crippen LogP contribution in [-0.4, -0.2) is 6.29 Å². The van der Waals surface area contributed by atoms with E-state index < -0.39 is 0 Å². The van der Waals surface area contributed by atoms with E-state index in [1.165, 1.54) is 10.4 Å². The second-order valence-corrected chi connectivity index (χ2v) is 4.12. The summed E-state index contributed by atoms with van der Waals surface area (Å²) in [5.74, 6) is 0. The van der Waals surface area contributed by atoms with Gasteiger partial charge < -0.3 is 4.79 Å². The van der Waals surface area contributed by atoms with Gasteiger partial charge in [-0.3, -0.25) is 0 Å². The van der Waals surface area contributed by atoms with Crippen LogP contribution in [0.25, 0.3) is 0 Å². The third kappa shape index (κ3) is 0.932. The van der Waals surface area contributed by atoms with Crippen LogP contribution in [0.3, 0.4) is 0 Å². The van der Waals surface area contributed by atoms with Crippen molar-refractivity contribution < 1.29 is 4.79 Å². The molecule has 1 saturated carbocycles. The topological polar surface area (TPSA) is 17.1 Å². The number of thiophene rings is 1. The predicted molar refractivity (Wildman–Crippen MR) is 46.0 cm³/mol. The number of carbonyl (C=O) groups excluding carboxylic acids is 1. The molecule has 0 atom stereocenters. The normalized spacial score (nSPS) is 19.7. The molecule has 0 bridgehead atoms. The molecule has 0 aromatic carbocycles. The summed E-state index contributed by atoms with van der Waals surface area (Å²) in [7, 11) is 0. The van der Waals surface area contributed by atoms with Crippen LogP contribution in [0.2, 0.25) is 0 Å². The van der Waals surface area contributed by atoms with E-state index >= 15 is 0 Å². The summed E-state index contributed by atoms with van der Waals surface area (Å²) in [4.78, 5) is 12.0. The quantitative estimate of drug-likeness (QED) is 0.616. The molecule has 0 saturated heterocycles. The Kier molecular flexibility index (Phi) is 1.39. The van der Waals surface area contributed by atoms with Gasteiger partial charge in [0.25, 0.3) is 0 Å². The lowest BCUT2D eigenvalue weighted by Gasteiger charge is -2.03. The zero-order valence-corrected chi connectivity index (χ0v) is 7.28. The first-order valence-electron chi connectivity index (χ1n) is 3.79. The summed E-state index contributed by atoms with van der Waals surface area (Å²) in [5.41, 5.74) is 1.22. The summed E-state index contributed by atoms with van der Waals surface area (Å²) >= 11 is 1.71. The van der Waals surface area contributed by atoms with Crippen LogP contribution < -0.4 is 0 Å². The second kappa shape index (κ2) is 2.18. The Morgan fingerprint density at radius 3 is 2.73 bits per heavy atom. The SMILES string of the molecule is Cc1ccsc1C1(C=O)CC1. The van der Waals surface area contributed by atoms with Gasteiger partial charge in [0.2, 0.25) is 0 Å². The zero-order chi connectivity index (χ0) is 7.90. The van der Waals surface area contributed by atoms with Crippen molar-refractivity contribution in [1.82, 2.24) is 0 Å². The van der Waals surface area contributed by atoms with Gasteiger partial charge in [-0.15, -0.1) is 11.3 Å². The van der Waals surface area contributed by atoms with Gasteiger partial charge in [0, 0.05) is 4.88 Å². The molecular formula is C9H10OS. The number of hydrogen-bond acceptors (Lipinski definition) is 2. The van der Waals surface area contributed by atoms with E-state index in [-0.39, 0.29) is 5.41 Å². The summed E-state index contributed by atoms with van der Waals surface area (Å²) in [6, 6.07) is 2.09. The maximum Gasteiger partial charge on any atom is 0.131 e. The number of hydrogen-bond donors (Lipinski definition) is 0. The van der Waals surface area contributed by atoms with Crippen LogP contribution in [0.15, 0.2) is 11.4 Å². The largest absolute Gasteiger partial charge is 0.302 e. The van der Waals surface area contributed by atoms with Crippen LogP contribution >= 0.6 is 11.3 Å². The van der Waals surface area contributed by atoms with Gasteiger partial charge in [0.15, 0.2) is 0 Å². The molecule has 1 aromatic heterocycles. The maximum atomic E-state index is 10.7. The first kappa shape index (κ1) is 7.04. The second-order valence-electron chi connectivity index (χ2n) is 3.21. The van der Waals surface area contributed by atoms with Crippen molar-refractivity contribution in [1.29, 1.82) is 0 Å². The minimum Gasteiger partial charge on any atom is -0.302 e. The molecule has 1 aromatic rings. The molecule has 2 heteroatoms. The molecule has 1 aliphatic rings. The molecule has 0 aliphatic heterocycles. The van der Waals surface area contributed by atoms with Gasteiger partial charge in [-0.1, -0.05) is 0 Å². The number of carbonyl (C=O) groups is 1. The Labute approximate surface area is 70.1 Å². The third-order valence-corrected chi connectivity index (χ3v) is 3.56. The lowest BCUT2D eigenvalue weighted by Crippen LogP contribution is -2.06. The molecule has 1 aliphatic carbocycles. The summed E-state index contributed by atoms with van der Waals surface area (Å²) in [6.07, 6.45) is 3.22. The maximum absolute atomic E-state index is 10.7. The Morgan fingerprint density at radius 2 is 2.36 bits per heavy atom. The molecule has 1 heterocycles. The van der Waals surface area contributed by atoms with Crippen LogP contribution in [0.1, 0.15) is 23.3 Å². The van der Waals surface area contributed by atoms with Crippen molar-refractivity contribution in [3.8, 4) is 0 Å². The van der Waals surface area contributed by atoms with Gasteiger partial charge in [0.05, 0.1) is 5.41 Å². The van der Waals surface area contributed by atoms with Gasteiger partial charge in [-0.2, -0.15) is 0 Å². The fourth-order valence-corrected chi connectivity index (χ4v) is 2.57. The average molecular weight is 166 g/mol. The average Bonchev–Trinajstić information content (AvgIpc) is 2.70. The van der Waals surface area contributed by atoms with Crippen molar-refractivity contribution in [2.75, 3.05) is 0 Å². The number of aldehydes is 1. The molecule has 1 fully saturated rings. The fourth-order valence-electron chi connectivity index (χ4n) is 1.42. The van der Waals surface area contributed by atoms with E-state index in [2.05, 4.69) is 18.4 Å². The summed E-state index contributed by atoms with van der Waals surface area (Å²) in [6.45, 7) is 2.08. The van der Waals surface area contributed by atoms with Gasteiger partial charge in [-0.05, 0) is 36.8 Å². The van der Waals surface area contributed by atoms with E-state index in [1.807, 2.05) is 0 Å². The highest BCUT2D eigenvalue weighted by molar-refractivity contribution is 7.10. The Bertz CT molecular complexity index is 284. The highest BCUT2D eigenvalue weighted by Crippen LogP contribution is 2.49. The number of aryl methyl sites for hydroxylation is 1. The van der Waals surface area contributed by atoms with Crippen molar-refractivity contribution in [2.24, 2.45) is 0 Å². The standard InChI is InChI=1S/C9H10OS/c1-7-2-5-11-8(7)9(6-10)3-4-9/h2,5-6H,3-4H2,1H3. The van der Waals surface area contributed by atoms with E-state index in [1.54, 1.807) is 11.3 Å². The van der Waals surface area contributed by atoms with Crippen molar-refractivity contribution in [3.05, 3.63) is 21.9 Å². The lowest BCUT2D eigenvalue weighted by molar-refractivity contribution is -0.109. The van der Waals surface area contributed by atoms with Crippen LogP contribution in [-0.2, 0) is 10.2 Å². The highest BCUT2D eigenvalue weighted by Gasteiger charge is 2.45. The molecule has 0 N–H and O–H groups in total. The lowest BCUT2D eigenvalue weighted by atomic mass is 10.0. The first-order valence-corrected chi connectivity index (χ1v) is 4.67. The molecule has 0 unspecified atom stereocenters. The smallest absolute Gasteiger partial charge is 0.131 e. The van der Waals surface area contributed by atoms with E-state index in [9.17, 15) is 4.79 Å². The molecule has 58 valence electrons. The van der Waals surface area contributed by atoms with Crippen LogP contribution in [0, 0.1) is 6.92 Å². The fraction of sp³-hybridized carbons (Fsp3) is 0.444. The monoisotopic (exact) mass is 166 g/mol. The molecule has 11 heavy (non-hydrogen) atoms. The van der Waals surface area contributed by atoms with Gasteiger partial charge in [0.1, 0.15) is 6.29 Å². The predicted octanol–water partition coefficient (Wildman–Crippen LogP) is 2.29. The highest BCUT2D eigenvalue weighted by atomic mass is 32.1. The molecule has 2 rings (SSSR count). The minimum absolute atomic E-state index is 0.0573. The Morgan fingerprint density at radius 1 is 1.64 bits per heavy atom. The summed E-state index contributed by atoms with van der Waals surface area (Å²) in [5, 5.41) is 2.06. The molecule has 1 nitrogen and oxygen atoms in total. The Balaban J connectivity index is 2.43.